The molecule has 1 heterocycles. The molecular weight excluding hydrogens is 392 g/mol. The summed E-state index contributed by atoms with van der Waals surface area (Å²) in [4.78, 5) is 24.1. The van der Waals surface area contributed by atoms with E-state index < -0.39 is 15.1 Å². The average molecular weight is 423 g/mol. The molecule has 0 spiro atoms. The summed E-state index contributed by atoms with van der Waals surface area (Å²) in [6.45, 7) is 3.10. The minimum absolute atomic E-state index is 0.0764. The van der Waals surface area contributed by atoms with E-state index in [0.29, 0.717) is 17.0 Å². The van der Waals surface area contributed by atoms with Crippen molar-refractivity contribution in [2.45, 2.75) is 81.4 Å². The zero-order valence-electron chi connectivity index (χ0n) is 17.1. The number of nitrogens with one attached hydrogen (secondary N) is 2. The largest absolute Gasteiger partial charge is 0.482 e. The van der Waals surface area contributed by atoms with E-state index >= 15 is 0 Å². The molecule has 0 unspecified atom stereocenters. The fourth-order valence-electron chi connectivity index (χ4n) is 4.00. The second-order valence-corrected chi connectivity index (χ2v) is 10.5. The SMILES string of the molecule is Cc1cc2c(cc1S(=O)(=O)[C@@H](C)CC(=O)NC1CCCCCCC1)OCC(=O)N2. The van der Waals surface area contributed by atoms with Gasteiger partial charge in [-0.3, -0.25) is 9.59 Å². The quantitative estimate of drug-likeness (QED) is 0.759. The predicted molar refractivity (Wildman–Crippen MR) is 111 cm³/mol. The topological polar surface area (TPSA) is 102 Å². The van der Waals surface area contributed by atoms with E-state index in [1.165, 1.54) is 25.3 Å². The molecular formula is C21H30N2O5S. The second kappa shape index (κ2) is 9.15. The molecule has 1 aromatic carbocycles. The monoisotopic (exact) mass is 422 g/mol. The van der Waals surface area contributed by atoms with Crippen LogP contribution in [0, 0.1) is 6.92 Å². The molecule has 3 rings (SSSR count). The Labute approximate surface area is 172 Å². The van der Waals surface area contributed by atoms with Crippen LogP contribution < -0.4 is 15.4 Å². The van der Waals surface area contributed by atoms with E-state index in [2.05, 4.69) is 10.6 Å². The van der Waals surface area contributed by atoms with Gasteiger partial charge in [0.2, 0.25) is 5.91 Å². The van der Waals surface area contributed by atoms with Crippen LogP contribution in [-0.2, 0) is 19.4 Å². The van der Waals surface area contributed by atoms with Gasteiger partial charge in [0.1, 0.15) is 5.75 Å². The molecule has 8 heteroatoms. The van der Waals surface area contributed by atoms with Crippen molar-refractivity contribution in [3.05, 3.63) is 17.7 Å². The summed E-state index contributed by atoms with van der Waals surface area (Å²) in [5.41, 5.74) is 0.981. The molecule has 29 heavy (non-hydrogen) atoms. The lowest BCUT2D eigenvalue weighted by Gasteiger charge is -2.23. The molecule has 160 valence electrons. The number of hydrogen-bond acceptors (Lipinski definition) is 5. The third-order valence-electron chi connectivity index (χ3n) is 5.69. The van der Waals surface area contributed by atoms with Crippen LogP contribution in [0.15, 0.2) is 17.0 Å². The van der Waals surface area contributed by atoms with Crippen LogP contribution in [-0.4, -0.2) is 38.1 Å². The summed E-state index contributed by atoms with van der Waals surface area (Å²) >= 11 is 0. The Bertz CT molecular complexity index is 873. The summed E-state index contributed by atoms with van der Waals surface area (Å²) in [7, 11) is -3.72. The number of carbonyl (C=O) groups is 2. The number of fused-ring (bicyclic) bond motifs is 1. The number of rotatable bonds is 5. The van der Waals surface area contributed by atoms with Crippen molar-refractivity contribution in [2.24, 2.45) is 0 Å². The van der Waals surface area contributed by atoms with E-state index in [-0.39, 0.29) is 35.8 Å². The van der Waals surface area contributed by atoms with E-state index in [0.717, 1.165) is 25.7 Å². The predicted octanol–water partition coefficient (Wildman–Crippen LogP) is 3.11. The highest BCUT2D eigenvalue weighted by atomic mass is 32.2. The van der Waals surface area contributed by atoms with E-state index in [4.69, 9.17) is 4.74 Å². The maximum Gasteiger partial charge on any atom is 0.262 e. The molecule has 2 N–H and O–H groups in total. The molecule has 0 saturated heterocycles. The number of carbonyl (C=O) groups excluding carboxylic acids is 2. The highest BCUT2D eigenvalue weighted by molar-refractivity contribution is 7.92. The minimum atomic E-state index is -3.72. The van der Waals surface area contributed by atoms with Crippen LogP contribution in [0.2, 0.25) is 0 Å². The van der Waals surface area contributed by atoms with Crippen LogP contribution in [0.1, 0.15) is 63.9 Å². The molecule has 1 fully saturated rings. The molecule has 1 aromatic rings. The van der Waals surface area contributed by atoms with Crippen molar-refractivity contribution >= 4 is 27.3 Å². The summed E-state index contributed by atoms with van der Waals surface area (Å²) in [6.07, 6.45) is 7.68. The van der Waals surface area contributed by atoms with Gasteiger partial charge in [-0.05, 0) is 38.3 Å². The lowest BCUT2D eigenvalue weighted by molar-refractivity contribution is -0.122. The standard InChI is InChI=1S/C21H30N2O5S/c1-14-10-17-18(28-13-21(25)23-17)12-19(14)29(26,27)15(2)11-20(24)22-16-8-6-4-3-5-7-9-16/h10,12,15-16H,3-9,11,13H2,1-2H3,(H,22,24)(H,23,25)/t15-/m0/s1. The number of amides is 2. The highest BCUT2D eigenvalue weighted by Crippen LogP contribution is 2.34. The molecule has 1 aliphatic carbocycles. The van der Waals surface area contributed by atoms with Crippen molar-refractivity contribution in [1.82, 2.24) is 5.32 Å². The summed E-state index contributed by atoms with van der Waals surface area (Å²) in [5.74, 6) is -0.155. The maximum absolute atomic E-state index is 13.1. The normalized spacial score (nSPS) is 19.2. The van der Waals surface area contributed by atoms with Crippen LogP contribution >= 0.6 is 0 Å². The summed E-state index contributed by atoms with van der Waals surface area (Å²) < 4.78 is 31.6. The Kier molecular flexibility index (Phi) is 6.82. The zero-order chi connectivity index (χ0) is 21.0. The van der Waals surface area contributed by atoms with E-state index in [9.17, 15) is 18.0 Å². The van der Waals surface area contributed by atoms with Crippen LogP contribution in [0.25, 0.3) is 0 Å². The number of benzene rings is 1. The van der Waals surface area contributed by atoms with Crippen LogP contribution in [0.4, 0.5) is 5.69 Å². The first-order valence-corrected chi connectivity index (χ1v) is 11.9. The lowest BCUT2D eigenvalue weighted by Crippen LogP contribution is -2.38. The van der Waals surface area contributed by atoms with Crippen molar-refractivity contribution in [2.75, 3.05) is 11.9 Å². The number of ether oxygens (including phenoxy) is 1. The van der Waals surface area contributed by atoms with Crippen molar-refractivity contribution in [3.8, 4) is 5.75 Å². The Morgan fingerprint density at radius 2 is 1.86 bits per heavy atom. The molecule has 2 amide bonds. The molecule has 1 aliphatic heterocycles. The van der Waals surface area contributed by atoms with Gasteiger partial charge in [0, 0.05) is 18.5 Å². The third-order valence-corrected chi connectivity index (χ3v) is 7.97. The number of hydrogen-bond donors (Lipinski definition) is 2. The van der Waals surface area contributed by atoms with Crippen LogP contribution in [0.5, 0.6) is 5.75 Å². The maximum atomic E-state index is 13.1. The average Bonchev–Trinajstić information content (AvgIpc) is 2.62. The van der Waals surface area contributed by atoms with Gasteiger partial charge in [-0.15, -0.1) is 0 Å². The number of anilines is 1. The molecule has 0 aromatic heterocycles. The summed E-state index contributed by atoms with van der Waals surface area (Å²) in [6, 6.07) is 3.18. The first kappa shape index (κ1) is 21.6. The van der Waals surface area contributed by atoms with Gasteiger partial charge in [-0.2, -0.15) is 0 Å². The minimum Gasteiger partial charge on any atom is -0.482 e. The van der Waals surface area contributed by atoms with Crippen molar-refractivity contribution < 1.29 is 22.7 Å². The van der Waals surface area contributed by atoms with E-state index in [1.807, 2.05) is 0 Å². The fraction of sp³-hybridized carbons (Fsp3) is 0.619. The Hall–Kier alpha value is -2.09. The first-order chi connectivity index (χ1) is 13.8. The van der Waals surface area contributed by atoms with Crippen LogP contribution in [0.3, 0.4) is 0 Å². The number of aryl methyl sites for hydroxylation is 1. The highest BCUT2D eigenvalue weighted by Gasteiger charge is 2.30. The van der Waals surface area contributed by atoms with Gasteiger partial charge in [0.15, 0.2) is 16.4 Å². The molecule has 2 aliphatic rings. The van der Waals surface area contributed by atoms with Crippen molar-refractivity contribution in [1.29, 1.82) is 0 Å². The fourth-order valence-corrected chi connectivity index (χ4v) is 5.58. The Balaban J connectivity index is 1.68. The second-order valence-electron chi connectivity index (χ2n) is 8.12. The van der Waals surface area contributed by atoms with Gasteiger partial charge < -0.3 is 15.4 Å². The molecule has 0 bridgehead atoms. The molecule has 1 saturated carbocycles. The smallest absolute Gasteiger partial charge is 0.262 e. The van der Waals surface area contributed by atoms with Gasteiger partial charge in [-0.1, -0.05) is 32.1 Å². The number of sulfone groups is 1. The molecule has 0 radical (unpaired) electrons. The van der Waals surface area contributed by atoms with Gasteiger partial charge in [0.05, 0.1) is 15.8 Å². The van der Waals surface area contributed by atoms with Gasteiger partial charge in [-0.25, -0.2) is 8.42 Å². The van der Waals surface area contributed by atoms with Crippen molar-refractivity contribution in [3.63, 3.8) is 0 Å². The molecule has 1 atom stereocenters. The molecule has 7 nitrogen and oxygen atoms in total. The van der Waals surface area contributed by atoms with E-state index in [1.54, 1.807) is 19.9 Å². The van der Waals surface area contributed by atoms with Gasteiger partial charge in [0.25, 0.3) is 5.91 Å². The lowest BCUT2D eigenvalue weighted by atomic mass is 9.96. The van der Waals surface area contributed by atoms with Gasteiger partial charge >= 0.3 is 0 Å². The summed E-state index contributed by atoms with van der Waals surface area (Å²) in [5, 5.41) is 4.85. The zero-order valence-corrected chi connectivity index (χ0v) is 17.9. The first-order valence-electron chi connectivity index (χ1n) is 10.4. The Morgan fingerprint density at radius 1 is 1.21 bits per heavy atom. The third kappa shape index (κ3) is 5.29. The Morgan fingerprint density at radius 3 is 2.55 bits per heavy atom.